The van der Waals surface area contributed by atoms with Crippen molar-refractivity contribution >= 4 is 34.0 Å². The van der Waals surface area contributed by atoms with Crippen molar-refractivity contribution in [1.82, 2.24) is 9.97 Å². The molecule has 2 heterocycles. The van der Waals surface area contributed by atoms with E-state index in [9.17, 15) is 9.50 Å². The van der Waals surface area contributed by atoms with Crippen LogP contribution in [0.3, 0.4) is 0 Å². The van der Waals surface area contributed by atoms with E-state index in [1.807, 2.05) is 0 Å². The zero-order chi connectivity index (χ0) is 17.3. The lowest BCUT2D eigenvalue weighted by Gasteiger charge is -2.16. The van der Waals surface area contributed by atoms with Gasteiger partial charge < -0.3 is 15.2 Å². The number of benzene rings is 1. The first kappa shape index (κ1) is 16.4. The molecule has 0 amide bonds. The molecule has 5 nitrogen and oxygen atoms in total. The van der Waals surface area contributed by atoms with Gasteiger partial charge in [-0.2, -0.15) is 0 Å². The zero-order valence-corrected chi connectivity index (χ0v) is 13.8. The largest absolute Gasteiger partial charge is 0.481 e. The van der Waals surface area contributed by atoms with Crippen molar-refractivity contribution in [3.63, 3.8) is 0 Å². The van der Waals surface area contributed by atoms with Gasteiger partial charge in [0, 0.05) is 17.8 Å². The molecule has 1 atom stereocenters. The van der Waals surface area contributed by atoms with Crippen LogP contribution in [0.4, 0.5) is 15.8 Å². The number of halogens is 2. The van der Waals surface area contributed by atoms with Gasteiger partial charge in [-0.25, -0.2) is 9.37 Å². The van der Waals surface area contributed by atoms with Crippen molar-refractivity contribution in [3.05, 3.63) is 52.9 Å². The number of ether oxygens (including phenoxy) is 1. The number of nitrogens with zero attached hydrogens (tertiary/aromatic N) is 2. The second kappa shape index (κ2) is 6.59. The summed E-state index contributed by atoms with van der Waals surface area (Å²) in [6, 6.07) is 8.11. The van der Waals surface area contributed by atoms with E-state index in [4.69, 9.17) is 16.3 Å². The minimum atomic E-state index is -0.866. The highest BCUT2D eigenvalue weighted by molar-refractivity contribution is 6.31. The van der Waals surface area contributed by atoms with Crippen LogP contribution in [0.15, 0.2) is 36.5 Å². The van der Waals surface area contributed by atoms with E-state index in [2.05, 4.69) is 15.3 Å². The summed E-state index contributed by atoms with van der Waals surface area (Å²) >= 11 is 5.88. The summed E-state index contributed by atoms with van der Waals surface area (Å²) in [5.74, 6) is -0.219. The third kappa shape index (κ3) is 2.98. The van der Waals surface area contributed by atoms with Crippen molar-refractivity contribution in [1.29, 1.82) is 0 Å². The fourth-order valence-electron chi connectivity index (χ4n) is 2.40. The van der Waals surface area contributed by atoms with Crippen LogP contribution in [0, 0.1) is 5.82 Å². The van der Waals surface area contributed by atoms with Crippen LogP contribution in [0.5, 0.6) is 5.88 Å². The number of hydrogen-bond donors (Lipinski definition) is 2. The molecule has 0 spiro atoms. The Hall–Kier alpha value is -2.44. The Balaban J connectivity index is 2.15. The zero-order valence-electron chi connectivity index (χ0n) is 13.0. The summed E-state index contributed by atoms with van der Waals surface area (Å²) < 4.78 is 19.6. The predicted octanol–water partition coefficient (Wildman–Crippen LogP) is 4.23. The van der Waals surface area contributed by atoms with Gasteiger partial charge in [-0.1, -0.05) is 17.7 Å². The van der Waals surface area contributed by atoms with Gasteiger partial charge >= 0.3 is 0 Å². The Labute approximate surface area is 143 Å². The average molecular weight is 348 g/mol. The van der Waals surface area contributed by atoms with Crippen LogP contribution in [-0.2, 0) is 0 Å². The van der Waals surface area contributed by atoms with E-state index in [1.165, 1.54) is 13.2 Å². The van der Waals surface area contributed by atoms with Gasteiger partial charge in [0.15, 0.2) is 5.82 Å². The minimum Gasteiger partial charge on any atom is -0.481 e. The molecule has 0 radical (unpaired) electrons. The maximum absolute atomic E-state index is 14.5. The quantitative estimate of drug-likeness (QED) is 0.739. The molecule has 0 bridgehead atoms. The maximum Gasteiger partial charge on any atom is 0.213 e. The number of aromatic nitrogens is 2. The van der Waals surface area contributed by atoms with Crippen molar-refractivity contribution in [3.8, 4) is 5.88 Å². The Bertz CT molecular complexity index is 902. The number of nitrogens with one attached hydrogen (secondary N) is 1. The maximum atomic E-state index is 14.5. The fraction of sp³-hybridized carbons (Fsp3) is 0.176. The minimum absolute atomic E-state index is 0.0363. The Morgan fingerprint density at radius 1 is 1.25 bits per heavy atom. The summed E-state index contributed by atoms with van der Waals surface area (Å²) in [7, 11) is 1.51. The Morgan fingerprint density at radius 2 is 2.04 bits per heavy atom. The summed E-state index contributed by atoms with van der Waals surface area (Å²) in [4.78, 5) is 8.58. The third-order valence-electron chi connectivity index (χ3n) is 3.60. The van der Waals surface area contributed by atoms with Gasteiger partial charge in [-0.05, 0) is 25.1 Å². The molecule has 3 rings (SSSR count). The smallest absolute Gasteiger partial charge is 0.213 e. The molecule has 2 N–H and O–H groups in total. The highest BCUT2D eigenvalue weighted by atomic mass is 35.5. The highest BCUT2D eigenvalue weighted by Gasteiger charge is 2.17. The van der Waals surface area contributed by atoms with Gasteiger partial charge in [0.1, 0.15) is 5.52 Å². The van der Waals surface area contributed by atoms with Gasteiger partial charge in [0.05, 0.1) is 35.1 Å². The van der Waals surface area contributed by atoms with Crippen molar-refractivity contribution in [2.24, 2.45) is 0 Å². The van der Waals surface area contributed by atoms with Crippen molar-refractivity contribution < 1.29 is 14.2 Å². The number of aliphatic hydroxyl groups is 1. The van der Waals surface area contributed by atoms with Crippen LogP contribution in [0.1, 0.15) is 18.6 Å². The number of aliphatic hydroxyl groups excluding tert-OH is 1. The molecule has 2 aromatic heterocycles. The second-order valence-electron chi connectivity index (χ2n) is 5.21. The molecule has 0 aliphatic carbocycles. The van der Waals surface area contributed by atoms with Gasteiger partial charge in [-0.3, -0.25) is 4.98 Å². The molecule has 3 aromatic rings. The molecule has 124 valence electrons. The van der Waals surface area contributed by atoms with Crippen LogP contribution >= 0.6 is 11.6 Å². The van der Waals surface area contributed by atoms with Crippen molar-refractivity contribution in [2.45, 2.75) is 13.0 Å². The van der Waals surface area contributed by atoms with E-state index in [0.29, 0.717) is 28.2 Å². The van der Waals surface area contributed by atoms with Crippen LogP contribution in [-0.4, -0.2) is 22.2 Å². The summed E-state index contributed by atoms with van der Waals surface area (Å²) in [6.07, 6.45) is 0.721. The first-order chi connectivity index (χ1) is 11.5. The molecular weight excluding hydrogens is 333 g/mol. The summed E-state index contributed by atoms with van der Waals surface area (Å²) in [5.41, 5.74) is 2.18. The summed E-state index contributed by atoms with van der Waals surface area (Å²) in [5, 5.41) is 12.8. The van der Waals surface area contributed by atoms with E-state index in [0.717, 1.165) is 0 Å². The highest BCUT2D eigenvalue weighted by Crippen LogP contribution is 2.34. The number of anilines is 2. The van der Waals surface area contributed by atoms with Gasteiger partial charge in [0.25, 0.3) is 0 Å². The molecule has 0 aliphatic rings. The van der Waals surface area contributed by atoms with Crippen LogP contribution < -0.4 is 10.1 Å². The molecule has 24 heavy (non-hydrogen) atoms. The molecule has 0 unspecified atom stereocenters. The predicted molar refractivity (Wildman–Crippen MR) is 91.4 cm³/mol. The number of fused-ring (bicyclic) bond motifs is 1. The monoisotopic (exact) mass is 347 g/mol. The van der Waals surface area contributed by atoms with Gasteiger partial charge in [-0.15, -0.1) is 0 Å². The normalized spacial score (nSPS) is 12.2. The number of pyridine rings is 2. The van der Waals surface area contributed by atoms with Crippen LogP contribution in [0.2, 0.25) is 5.02 Å². The molecule has 0 aliphatic heterocycles. The first-order valence-corrected chi connectivity index (χ1v) is 7.61. The number of hydrogen-bond acceptors (Lipinski definition) is 5. The average Bonchev–Trinajstić information content (AvgIpc) is 2.58. The Morgan fingerprint density at radius 3 is 2.75 bits per heavy atom. The third-order valence-corrected chi connectivity index (χ3v) is 3.90. The second-order valence-corrected chi connectivity index (χ2v) is 5.61. The number of methoxy groups -OCH3 is 1. The van der Waals surface area contributed by atoms with Crippen molar-refractivity contribution in [2.75, 3.05) is 12.4 Å². The van der Waals surface area contributed by atoms with E-state index in [1.54, 1.807) is 37.4 Å². The van der Waals surface area contributed by atoms with Crippen LogP contribution in [0.25, 0.3) is 11.0 Å². The van der Waals surface area contributed by atoms with E-state index >= 15 is 0 Å². The fourth-order valence-corrected chi connectivity index (χ4v) is 2.55. The van der Waals surface area contributed by atoms with E-state index < -0.39 is 11.9 Å². The molecule has 0 saturated carbocycles. The lowest BCUT2D eigenvalue weighted by molar-refractivity contribution is 0.199. The molecule has 0 saturated heterocycles. The molecule has 1 aromatic carbocycles. The molecular formula is C17H15ClFN3O2. The number of rotatable bonds is 4. The molecule has 7 heteroatoms. The Kier molecular flexibility index (Phi) is 4.51. The topological polar surface area (TPSA) is 67.3 Å². The first-order valence-electron chi connectivity index (χ1n) is 7.24. The lowest BCUT2D eigenvalue weighted by Crippen LogP contribution is -2.04. The molecule has 0 fully saturated rings. The SMILES string of the molecule is COc1ccc2nccc(Nc3c([C@@H](C)O)ccc(Cl)c3F)c2n1. The summed E-state index contributed by atoms with van der Waals surface area (Å²) in [6.45, 7) is 1.56. The van der Waals surface area contributed by atoms with E-state index in [-0.39, 0.29) is 10.7 Å². The standard InChI is InChI=1S/C17H15ClFN3O2/c1-9(23)10-3-4-11(18)15(19)16(10)21-13-7-8-20-12-5-6-14(24-2)22-17(12)13/h3-9,23H,1-2H3,(H,20,21)/t9-/m1/s1. The lowest BCUT2D eigenvalue weighted by atomic mass is 10.1. The van der Waals surface area contributed by atoms with Gasteiger partial charge in [0.2, 0.25) is 5.88 Å².